The van der Waals surface area contributed by atoms with Gasteiger partial charge in [0.1, 0.15) is 23.2 Å². The van der Waals surface area contributed by atoms with Crippen molar-refractivity contribution in [2.75, 3.05) is 4.90 Å². The number of alkyl halides is 3. The maximum absolute atomic E-state index is 13.1. The Morgan fingerprint density at radius 3 is 2.56 bits per heavy atom. The van der Waals surface area contributed by atoms with E-state index in [1.165, 1.54) is 18.2 Å². The molecule has 1 unspecified atom stereocenters. The number of hydrogen-bond acceptors (Lipinski definition) is 5. The fourth-order valence-electron chi connectivity index (χ4n) is 3.46. The van der Waals surface area contributed by atoms with E-state index >= 15 is 0 Å². The summed E-state index contributed by atoms with van der Waals surface area (Å²) in [6, 6.07) is 17.1. The van der Waals surface area contributed by atoms with Gasteiger partial charge in [0.25, 0.3) is 5.91 Å². The van der Waals surface area contributed by atoms with Gasteiger partial charge in [-0.3, -0.25) is 4.79 Å². The lowest BCUT2D eigenvalue weighted by molar-refractivity contribution is -0.137. The Morgan fingerprint density at radius 2 is 1.88 bits per heavy atom. The van der Waals surface area contributed by atoms with Gasteiger partial charge in [0, 0.05) is 11.3 Å². The molecule has 0 bridgehead atoms. The fourth-order valence-corrected chi connectivity index (χ4v) is 3.84. The number of furan rings is 1. The van der Waals surface area contributed by atoms with Gasteiger partial charge in [0.05, 0.1) is 10.6 Å². The number of halogens is 3. The van der Waals surface area contributed by atoms with Crippen LogP contribution in [0, 0.1) is 18.3 Å². The molecule has 0 fully saturated rings. The van der Waals surface area contributed by atoms with E-state index in [4.69, 9.17) is 4.42 Å². The quantitative estimate of drug-likeness (QED) is 0.507. The number of rotatable bonds is 3. The number of nitriles is 1. The monoisotopic (exact) mass is 455 g/mol. The van der Waals surface area contributed by atoms with Gasteiger partial charge in [-0.05, 0) is 48.9 Å². The van der Waals surface area contributed by atoms with E-state index in [1.54, 1.807) is 17.0 Å². The van der Waals surface area contributed by atoms with Crippen molar-refractivity contribution in [2.45, 2.75) is 19.3 Å². The molecule has 2 heterocycles. The molecule has 0 aliphatic carbocycles. The molecule has 1 amide bonds. The summed E-state index contributed by atoms with van der Waals surface area (Å²) in [5.74, 6) is -0.139. The Kier molecular flexibility index (Phi) is 5.48. The van der Waals surface area contributed by atoms with E-state index in [9.17, 15) is 23.2 Å². The van der Waals surface area contributed by atoms with Crippen LogP contribution in [0.15, 0.2) is 75.7 Å². The predicted molar refractivity (Wildman–Crippen MR) is 115 cm³/mol. The van der Waals surface area contributed by atoms with Crippen molar-refractivity contribution in [3.8, 4) is 17.4 Å². The molecule has 1 aliphatic rings. The maximum atomic E-state index is 13.1. The van der Waals surface area contributed by atoms with E-state index in [1.807, 2.05) is 31.2 Å². The summed E-state index contributed by atoms with van der Waals surface area (Å²) >= 11 is 4.42. The molecule has 4 rings (SSSR count). The van der Waals surface area contributed by atoms with E-state index in [-0.39, 0.29) is 27.7 Å². The summed E-state index contributed by atoms with van der Waals surface area (Å²) in [7, 11) is 0. The summed E-state index contributed by atoms with van der Waals surface area (Å²) in [5, 5.41) is 12.3. The van der Waals surface area contributed by atoms with Gasteiger partial charge in [0.2, 0.25) is 0 Å². The first-order valence-electron chi connectivity index (χ1n) is 9.46. The van der Waals surface area contributed by atoms with Crippen LogP contribution in [0.4, 0.5) is 18.9 Å². The maximum Gasteiger partial charge on any atom is 0.416 e. The highest BCUT2D eigenvalue weighted by Crippen LogP contribution is 2.38. The number of anilines is 1. The lowest BCUT2D eigenvalue weighted by Crippen LogP contribution is -2.45. The van der Waals surface area contributed by atoms with Crippen molar-refractivity contribution in [1.82, 2.24) is 5.32 Å². The van der Waals surface area contributed by atoms with Gasteiger partial charge in [-0.25, -0.2) is 0 Å². The zero-order chi connectivity index (χ0) is 23.0. The second-order valence-electron chi connectivity index (χ2n) is 7.18. The third-order valence-electron chi connectivity index (χ3n) is 4.97. The Balaban J connectivity index is 1.78. The minimum absolute atomic E-state index is 0.142. The largest absolute Gasteiger partial charge is 0.457 e. The minimum Gasteiger partial charge on any atom is -0.457 e. The smallest absolute Gasteiger partial charge is 0.416 e. The minimum atomic E-state index is -4.48. The van der Waals surface area contributed by atoms with Crippen LogP contribution in [0.2, 0.25) is 0 Å². The van der Waals surface area contributed by atoms with Crippen molar-refractivity contribution in [2.24, 2.45) is 0 Å². The SMILES string of the molecule is Cc1cccc(N2C(S)=C(C#N)C(=O)NC2c2ccc(-c3cccc(C(F)(F)F)c3)o2)c1. The Morgan fingerprint density at radius 1 is 1.12 bits per heavy atom. The number of hydrogen-bond donors (Lipinski definition) is 2. The molecule has 1 aromatic heterocycles. The Labute approximate surface area is 187 Å². The van der Waals surface area contributed by atoms with Gasteiger partial charge in [0.15, 0.2) is 6.17 Å². The molecule has 0 saturated carbocycles. The molecule has 9 heteroatoms. The van der Waals surface area contributed by atoms with E-state index < -0.39 is 23.8 Å². The summed E-state index contributed by atoms with van der Waals surface area (Å²) < 4.78 is 45.1. The van der Waals surface area contributed by atoms with Gasteiger partial charge in [-0.2, -0.15) is 18.4 Å². The van der Waals surface area contributed by atoms with Gasteiger partial charge in [-0.15, -0.1) is 12.6 Å². The molecule has 32 heavy (non-hydrogen) atoms. The molecule has 1 aliphatic heterocycles. The highest BCUT2D eigenvalue weighted by atomic mass is 32.1. The molecule has 0 spiro atoms. The van der Waals surface area contributed by atoms with Crippen molar-refractivity contribution < 1.29 is 22.4 Å². The van der Waals surface area contributed by atoms with Crippen LogP contribution < -0.4 is 10.2 Å². The number of aryl methyl sites for hydroxylation is 1. The van der Waals surface area contributed by atoms with Crippen molar-refractivity contribution in [3.63, 3.8) is 0 Å². The highest BCUT2D eigenvalue weighted by molar-refractivity contribution is 7.84. The lowest BCUT2D eigenvalue weighted by Gasteiger charge is -2.36. The average Bonchev–Trinajstić information content (AvgIpc) is 3.23. The van der Waals surface area contributed by atoms with Crippen LogP contribution in [0.5, 0.6) is 0 Å². The van der Waals surface area contributed by atoms with Crippen LogP contribution in [-0.2, 0) is 11.0 Å². The summed E-state index contributed by atoms with van der Waals surface area (Å²) in [4.78, 5) is 14.1. The van der Waals surface area contributed by atoms with E-state index in [0.717, 1.165) is 17.7 Å². The van der Waals surface area contributed by atoms with Gasteiger partial charge in [-0.1, -0.05) is 24.3 Å². The van der Waals surface area contributed by atoms with Crippen LogP contribution in [0.3, 0.4) is 0 Å². The van der Waals surface area contributed by atoms with Crippen LogP contribution in [0.1, 0.15) is 23.1 Å². The Bertz CT molecular complexity index is 1270. The third kappa shape index (κ3) is 3.97. The predicted octanol–water partition coefficient (Wildman–Crippen LogP) is 5.57. The van der Waals surface area contributed by atoms with Crippen LogP contribution >= 0.6 is 12.6 Å². The molecular weight excluding hydrogens is 439 g/mol. The average molecular weight is 455 g/mol. The molecule has 3 aromatic rings. The van der Waals surface area contributed by atoms with Crippen molar-refractivity contribution in [1.29, 1.82) is 5.26 Å². The third-order valence-corrected chi connectivity index (χ3v) is 5.41. The molecule has 2 aromatic carbocycles. The van der Waals surface area contributed by atoms with Crippen LogP contribution in [-0.4, -0.2) is 5.91 Å². The summed E-state index contributed by atoms with van der Waals surface area (Å²) in [6.45, 7) is 1.90. The molecular formula is C23H16F3N3O2S. The molecule has 1 atom stereocenters. The number of benzene rings is 2. The van der Waals surface area contributed by atoms with E-state index in [0.29, 0.717) is 5.69 Å². The summed E-state index contributed by atoms with van der Waals surface area (Å²) in [5.41, 5.74) is 0.900. The highest BCUT2D eigenvalue weighted by Gasteiger charge is 2.36. The van der Waals surface area contributed by atoms with Gasteiger partial charge >= 0.3 is 6.18 Å². The van der Waals surface area contributed by atoms with Gasteiger partial charge < -0.3 is 14.6 Å². The number of thiol groups is 1. The first-order chi connectivity index (χ1) is 15.2. The lowest BCUT2D eigenvalue weighted by atomic mass is 10.1. The first-order valence-corrected chi connectivity index (χ1v) is 9.91. The molecule has 0 radical (unpaired) electrons. The normalized spacial score (nSPS) is 16.7. The zero-order valence-electron chi connectivity index (χ0n) is 16.6. The number of nitrogens with one attached hydrogen (secondary N) is 1. The zero-order valence-corrected chi connectivity index (χ0v) is 17.5. The van der Waals surface area contributed by atoms with E-state index in [2.05, 4.69) is 17.9 Å². The Hall–Kier alpha value is -3.64. The topological polar surface area (TPSA) is 69.3 Å². The number of amides is 1. The second-order valence-corrected chi connectivity index (χ2v) is 7.60. The molecule has 162 valence electrons. The first kappa shape index (κ1) is 21.6. The number of carbonyl (C=O) groups excluding carboxylic acids is 1. The molecule has 5 nitrogen and oxygen atoms in total. The van der Waals surface area contributed by atoms with Crippen molar-refractivity contribution >= 4 is 24.2 Å². The standard InChI is InChI=1S/C23H16F3N3O2S/c1-13-4-2-7-16(10-13)29-20(28-21(30)17(12-27)22(29)32)19-9-8-18(31-19)14-5-3-6-15(11-14)23(24,25)26/h2-11,20,32H,1H3,(H,28,30). The molecule has 1 N–H and O–H groups in total. The summed E-state index contributed by atoms with van der Waals surface area (Å²) in [6.07, 6.45) is -5.34. The number of carbonyl (C=O) groups is 1. The van der Waals surface area contributed by atoms with Crippen molar-refractivity contribution in [3.05, 3.63) is 88.2 Å². The number of nitrogens with zero attached hydrogens (tertiary/aromatic N) is 2. The fraction of sp³-hybridized carbons (Fsp3) is 0.130. The molecule has 0 saturated heterocycles. The second kappa shape index (κ2) is 8.13. The van der Waals surface area contributed by atoms with Crippen LogP contribution in [0.25, 0.3) is 11.3 Å².